The maximum Gasteiger partial charge on any atom is 0.243 e. The third-order valence-electron chi connectivity index (χ3n) is 2.84. The Bertz CT molecular complexity index is 491. The standard InChI is InChI=1S/C11H15NO2S/c1-8(2)9-4-5-10-7-12(3)15(13,14)11(10)6-9/h4-6,8H,7H2,1-3H3. The van der Waals surface area contributed by atoms with E-state index in [9.17, 15) is 8.42 Å². The van der Waals surface area contributed by atoms with Crippen LogP contribution in [-0.4, -0.2) is 19.8 Å². The van der Waals surface area contributed by atoms with Crippen molar-refractivity contribution in [1.29, 1.82) is 0 Å². The molecule has 1 aromatic rings. The smallest absolute Gasteiger partial charge is 0.207 e. The molecule has 0 saturated carbocycles. The van der Waals surface area contributed by atoms with Crippen LogP contribution < -0.4 is 0 Å². The Labute approximate surface area is 90.8 Å². The zero-order chi connectivity index (χ0) is 11.2. The van der Waals surface area contributed by atoms with Crippen LogP contribution >= 0.6 is 0 Å². The highest BCUT2D eigenvalue weighted by Crippen LogP contribution is 2.31. The van der Waals surface area contributed by atoms with E-state index in [1.807, 2.05) is 12.1 Å². The zero-order valence-electron chi connectivity index (χ0n) is 9.19. The molecule has 1 aliphatic heterocycles. The first-order chi connectivity index (χ1) is 6.93. The highest BCUT2D eigenvalue weighted by Gasteiger charge is 2.31. The van der Waals surface area contributed by atoms with Gasteiger partial charge in [0.2, 0.25) is 10.0 Å². The number of benzene rings is 1. The molecular weight excluding hydrogens is 210 g/mol. The number of nitrogens with zero attached hydrogens (tertiary/aromatic N) is 1. The Kier molecular flexibility index (Phi) is 2.35. The summed E-state index contributed by atoms with van der Waals surface area (Å²) in [5.41, 5.74) is 1.98. The van der Waals surface area contributed by atoms with Crippen molar-refractivity contribution in [3.63, 3.8) is 0 Å². The summed E-state index contributed by atoms with van der Waals surface area (Å²) >= 11 is 0. The summed E-state index contributed by atoms with van der Waals surface area (Å²) in [6.07, 6.45) is 0. The van der Waals surface area contributed by atoms with E-state index in [0.29, 0.717) is 17.4 Å². The molecule has 15 heavy (non-hydrogen) atoms. The van der Waals surface area contributed by atoms with E-state index in [2.05, 4.69) is 13.8 Å². The Morgan fingerprint density at radius 1 is 1.33 bits per heavy atom. The lowest BCUT2D eigenvalue weighted by atomic mass is 10.0. The second-order valence-electron chi connectivity index (χ2n) is 4.28. The summed E-state index contributed by atoms with van der Waals surface area (Å²) in [4.78, 5) is 0.483. The molecule has 0 spiro atoms. The second-order valence-corrected chi connectivity index (χ2v) is 6.30. The normalized spacial score (nSPS) is 19.5. The van der Waals surface area contributed by atoms with E-state index >= 15 is 0 Å². The third-order valence-corrected chi connectivity index (χ3v) is 4.72. The van der Waals surface area contributed by atoms with Crippen molar-refractivity contribution in [2.75, 3.05) is 7.05 Å². The molecule has 1 aliphatic rings. The summed E-state index contributed by atoms with van der Waals surface area (Å²) in [5.74, 6) is 0.358. The SMILES string of the molecule is CC(C)c1ccc2c(c1)S(=O)(=O)N(C)C2. The summed E-state index contributed by atoms with van der Waals surface area (Å²) in [6.45, 7) is 4.62. The Hall–Kier alpha value is -0.870. The maximum absolute atomic E-state index is 11.9. The van der Waals surface area contributed by atoms with E-state index in [0.717, 1.165) is 11.1 Å². The molecular formula is C11H15NO2S. The quantitative estimate of drug-likeness (QED) is 0.732. The van der Waals surface area contributed by atoms with Crippen molar-refractivity contribution in [3.8, 4) is 0 Å². The molecule has 1 heterocycles. The van der Waals surface area contributed by atoms with Crippen molar-refractivity contribution in [2.24, 2.45) is 0 Å². The van der Waals surface area contributed by atoms with E-state index in [1.165, 1.54) is 4.31 Å². The van der Waals surface area contributed by atoms with Crippen molar-refractivity contribution >= 4 is 10.0 Å². The molecule has 1 aromatic carbocycles. The van der Waals surface area contributed by atoms with Crippen LogP contribution in [0.25, 0.3) is 0 Å². The number of sulfonamides is 1. The lowest BCUT2D eigenvalue weighted by Crippen LogP contribution is -2.18. The molecule has 0 unspecified atom stereocenters. The van der Waals surface area contributed by atoms with Crippen LogP contribution in [0.1, 0.15) is 30.9 Å². The molecule has 2 rings (SSSR count). The van der Waals surface area contributed by atoms with Crippen LogP contribution in [0, 0.1) is 0 Å². The monoisotopic (exact) mass is 225 g/mol. The van der Waals surface area contributed by atoms with Gasteiger partial charge in [-0.2, -0.15) is 4.31 Å². The van der Waals surface area contributed by atoms with E-state index in [-0.39, 0.29) is 0 Å². The van der Waals surface area contributed by atoms with Crippen LogP contribution in [-0.2, 0) is 16.6 Å². The van der Waals surface area contributed by atoms with Gasteiger partial charge in [0.05, 0.1) is 4.90 Å². The molecule has 0 fully saturated rings. The summed E-state index contributed by atoms with van der Waals surface area (Å²) in [5, 5.41) is 0. The van der Waals surface area contributed by atoms with Gasteiger partial charge in [-0.25, -0.2) is 8.42 Å². The largest absolute Gasteiger partial charge is 0.243 e. The molecule has 0 N–H and O–H groups in total. The first-order valence-electron chi connectivity index (χ1n) is 5.02. The number of hydrogen-bond acceptors (Lipinski definition) is 2. The van der Waals surface area contributed by atoms with Crippen molar-refractivity contribution in [2.45, 2.75) is 31.2 Å². The van der Waals surface area contributed by atoms with Crippen molar-refractivity contribution in [3.05, 3.63) is 29.3 Å². The van der Waals surface area contributed by atoms with Gasteiger partial charge in [0.25, 0.3) is 0 Å². The van der Waals surface area contributed by atoms with Gasteiger partial charge in [-0.15, -0.1) is 0 Å². The van der Waals surface area contributed by atoms with E-state index in [4.69, 9.17) is 0 Å². The molecule has 0 saturated heterocycles. The Morgan fingerprint density at radius 3 is 2.60 bits per heavy atom. The van der Waals surface area contributed by atoms with E-state index < -0.39 is 10.0 Å². The highest BCUT2D eigenvalue weighted by molar-refractivity contribution is 7.89. The number of rotatable bonds is 1. The Morgan fingerprint density at radius 2 is 2.00 bits per heavy atom. The van der Waals surface area contributed by atoms with Crippen molar-refractivity contribution in [1.82, 2.24) is 4.31 Å². The first-order valence-corrected chi connectivity index (χ1v) is 6.46. The van der Waals surface area contributed by atoms with Gasteiger partial charge in [-0.3, -0.25) is 0 Å². The topological polar surface area (TPSA) is 37.4 Å². The fourth-order valence-electron chi connectivity index (χ4n) is 1.79. The molecule has 0 amide bonds. The molecule has 82 valence electrons. The molecule has 0 bridgehead atoms. The predicted octanol–water partition coefficient (Wildman–Crippen LogP) is 1.94. The van der Waals surface area contributed by atoms with Crippen molar-refractivity contribution < 1.29 is 8.42 Å². The fraction of sp³-hybridized carbons (Fsp3) is 0.455. The van der Waals surface area contributed by atoms with Crippen LogP contribution in [0.4, 0.5) is 0 Å². The van der Waals surface area contributed by atoms with Gasteiger partial charge >= 0.3 is 0 Å². The van der Waals surface area contributed by atoms with Gasteiger partial charge in [-0.05, 0) is 23.1 Å². The lowest BCUT2D eigenvalue weighted by Gasteiger charge is -2.07. The molecule has 0 aromatic heterocycles. The minimum atomic E-state index is -3.21. The van der Waals surface area contributed by atoms with Gasteiger partial charge in [0, 0.05) is 13.6 Å². The second kappa shape index (κ2) is 3.32. The summed E-state index contributed by atoms with van der Waals surface area (Å²) in [6, 6.07) is 5.74. The highest BCUT2D eigenvalue weighted by atomic mass is 32.2. The minimum Gasteiger partial charge on any atom is -0.207 e. The van der Waals surface area contributed by atoms with E-state index in [1.54, 1.807) is 13.1 Å². The predicted molar refractivity (Wildman–Crippen MR) is 59.2 cm³/mol. The van der Waals surface area contributed by atoms with Crippen LogP contribution in [0.2, 0.25) is 0 Å². The molecule has 0 atom stereocenters. The first kappa shape index (κ1) is 10.6. The fourth-order valence-corrected chi connectivity index (χ4v) is 3.19. The van der Waals surface area contributed by atoms with Gasteiger partial charge in [0.1, 0.15) is 0 Å². The average molecular weight is 225 g/mol. The lowest BCUT2D eigenvalue weighted by molar-refractivity contribution is 0.488. The molecule has 3 nitrogen and oxygen atoms in total. The minimum absolute atomic E-state index is 0.358. The maximum atomic E-state index is 11.9. The van der Waals surface area contributed by atoms with Crippen LogP contribution in [0.5, 0.6) is 0 Å². The van der Waals surface area contributed by atoms with Gasteiger partial charge in [-0.1, -0.05) is 26.0 Å². The molecule has 4 heteroatoms. The van der Waals surface area contributed by atoms with Gasteiger partial charge < -0.3 is 0 Å². The third kappa shape index (κ3) is 1.58. The average Bonchev–Trinajstić information content (AvgIpc) is 2.38. The number of fused-ring (bicyclic) bond motifs is 1. The van der Waals surface area contributed by atoms with Crippen LogP contribution in [0.15, 0.2) is 23.1 Å². The molecule has 0 radical (unpaired) electrons. The molecule has 0 aliphatic carbocycles. The summed E-state index contributed by atoms with van der Waals surface area (Å²) in [7, 11) is -1.59. The Balaban J connectivity index is 2.60. The zero-order valence-corrected chi connectivity index (χ0v) is 10.0. The van der Waals surface area contributed by atoms with Gasteiger partial charge in [0.15, 0.2) is 0 Å². The summed E-state index contributed by atoms with van der Waals surface area (Å²) < 4.78 is 25.2. The van der Waals surface area contributed by atoms with Crippen LogP contribution in [0.3, 0.4) is 0 Å². The number of hydrogen-bond donors (Lipinski definition) is 0.